The van der Waals surface area contributed by atoms with E-state index < -0.39 is 65.2 Å². The van der Waals surface area contributed by atoms with E-state index in [0.29, 0.717) is 55.0 Å². The molecule has 14 nitrogen and oxygen atoms in total. The summed E-state index contributed by atoms with van der Waals surface area (Å²) in [5.41, 5.74) is 4.08. The number of unbranched alkanes of at least 4 members (excludes halogenated alkanes) is 5. The first kappa shape index (κ1) is 54.0. The summed E-state index contributed by atoms with van der Waals surface area (Å²) >= 11 is 0. The molecule has 2 fully saturated rings. The van der Waals surface area contributed by atoms with Crippen LogP contribution in [0.3, 0.4) is 0 Å². The van der Waals surface area contributed by atoms with Crippen LogP contribution in [-0.2, 0) is 35.2 Å². The van der Waals surface area contributed by atoms with Crippen molar-refractivity contribution in [3.05, 3.63) is 93.5 Å². The largest absolute Gasteiger partial charge is 0.493 e. The van der Waals surface area contributed by atoms with Crippen LogP contribution in [0.4, 0.5) is 8.78 Å². The van der Waals surface area contributed by atoms with Gasteiger partial charge in [-0.3, -0.25) is 48.6 Å². The highest BCUT2D eigenvalue weighted by Crippen LogP contribution is 2.38. The predicted molar refractivity (Wildman–Crippen MR) is 261 cm³/mol. The normalized spacial score (nSPS) is 18.2. The molecule has 0 saturated carbocycles. The number of alkyl halides is 2. The molecule has 0 radical (unpaired) electrons. The summed E-state index contributed by atoms with van der Waals surface area (Å²) in [6.07, 6.45) is 7.69. The third-order valence-electron chi connectivity index (χ3n) is 14.2. The lowest BCUT2D eigenvalue weighted by Crippen LogP contribution is -2.61. The Bertz CT molecular complexity index is 2520. The first-order valence-corrected chi connectivity index (χ1v) is 25.0. The molecule has 3 atom stereocenters. The molecule has 3 aliphatic heterocycles. The molecule has 71 heavy (non-hydrogen) atoms. The number of Topliss-reactive ketones (excluding diaryl/α,β-unsaturated/α-hetero) is 2. The van der Waals surface area contributed by atoms with Crippen molar-refractivity contribution in [2.24, 2.45) is 5.41 Å². The lowest BCUT2D eigenvalue weighted by atomic mass is 9.82. The van der Waals surface area contributed by atoms with Crippen LogP contribution in [0.2, 0.25) is 0 Å². The van der Waals surface area contributed by atoms with Gasteiger partial charge < -0.3 is 19.7 Å². The summed E-state index contributed by atoms with van der Waals surface area (Å²) in [5.74, 6) is -9.63. The Labute approximate surface area is 415 Å². The molecule has 0 aromatic heterocycles. The molecule has 3 aromatic carbocycles. The average Bonchev–Trinajstić information content (AvgIpc) is 3.59. The van der Waals surface area contributed by atoms with Crippen molar-refractivity contribution < 1.29 is 56.6 Å². The molecular weight excluding hydrogens is 915 g/mol. The number of hydrogen-bond acceptors (Lipinski definition) is 10. The van der Waals surface area contributed by atoms with Crippen LogP contribution >= 0.6 is 0 Å². The Balaban J connectivity index is 0.940. The van der Waals surface area contributed by atoms with Gasteiger partial charge in [0.1, 0.15) is 17.5 Å². The monoisotopic (exact) mass is 982 g/mol. The number of carbonyl (C=O) groups excluding carboxylic acids is 8. The van der Waals surface area contributed by atoms with Crippen LogP contribution in [0.15, 0.2) is 54.6 Å². The molecule has 3 heterocycles. The fraction of sp³-hybridized carbons (Fsp3) is 0.527. The van der Waals surface area contributed by atoms with Crippen LogP contribution in [-0.4, -0.2) is 101 Å². The molecule has 3 aromatic rings. The number of nitrogens with one attached hydrogen (secondary N) is 2. The number of nitrogens with zero attached hydrogens (tertiary/aromatic N) is 2. The van der Waals surface area contributed by atoms with Crippen molar-refractivity contribution in [2.45, 2.75) is 155 Å². The number of likely N-dealkylation sites (tertiary alicyclic amines) is 1. The maximum atomic E-state index is 14.2. The van der Waals surface area contributed by atoms with E-state index in [2.05, 4.69) is 37.4 Å². The summed E-state index contributed by atoms with van der Waals surface area (Å²) < 4.78 is 40.3. The molecule has 382 valence electrons. The van der Waals surface area contributed by atoms with Crippen LogP contribution < -0.4 is 20.1 Å². The highest BCUT2D eigenvalue weighted by Gasteiger charge is 2.55. The van der Waals surface area contributed by atoms with Crippen molar-refractivity contribution in [2.75, 3.05) is 26.3 Å². The lowest BCUT2D eigenvalue weighted by Gasteiger charge is -2.36. The number of benzene rings is 3. The van der Waals surface area contributed by atoms with Gasteiger partial charge in [0.05, 0.1) is 30.2 Å². The third-order valence-corrected chi connectivity index (χ3v) is 14.2. The number of ketones is 2. The minimum absolute atomic E-state index is 0.0506. The van der Waals surface area contributed by atoms with Crippen molar-refractivity contribution in [3.8, 4) is 11.5 Å². The Kier molecular flexibility index (Phi) is 18.1. The standard InChI is InChI=1S/C55H68F2N4O10/c1-7-54(5,6)48(64)52(68)60-25-14-12-19-42(60)44(62)31-39(23-22-37-21-20-35(3)36(4)29-37)38-17-16-18-40(30-38)71-33-46(63)58-24-13-10-8-9-11-15-26-70-45-28-34(2)27-41-47(45)51(67)61(50(41)66)43-32-55(56,57)53(69)59-49(43)65/h16-18,20-21,27-30,39,42-43H,7-15,19,22-26,31-33H2,1-6H3,(H,58,63)(H,59,65,69)/t39-,42?,43?/m0/s1. The first-order valence-electron chi connectivity index (χ1n) is 25.0. The van der Waals surface area contributed by atoms with E-state index in [0.717, 1.165) is 62.5 Å². The van der Waals surface area contributed by atoms with E-state index in [1.54, 1.807) is 38.2 Å². The summed E-state index contributed by atoms with van der Waals surface area (Å²) in [4.78, 5) is 106. The molecular formula is C55H68F2N4O10. The number of ether oxygens (including phenoxy) is 2. The number of halogens is 2. The number of hydrogen-bond donors (Lipinski definition) is 2. The zero-order valence-corrected chi connectivity index (χ0v) is 41.9. The quantitative estimate of drug-likeness (QED) is 0.0503. The van der Waals surface area contributed by atoms with Gasteiger partial charge in [0.15, 0.2) is 12.4 Å². The minimum atomic E-state index is -3.93. The lowest BCUT2D eigenvalue weighted by molar-refractivity contribution is -0.159. The average molecular weight is 983 g/mol. The van der Waals surface area contributed by atoms with E-state index in [9.17, 15) is 47.1 Å². The second-order valence-electron chi connectivity index (χ2n) is 20.0. The molecule has 0 bridgehead atoms. The molecule has 2 unspecified atom stereocenters. The van der Waals surface area contributed by atoms with E-state index >= 15 is 0 Å². The topological polar surface area (TPSA) is 186 Å². The van der Waals surface area contributed by atoms with Gasteiger partial charge in [-0.05, 0) is 130 Å². The first-order chi connectivity index (χ1) is 33.7. The highest BCUT2D eigenvalue weighted by molar-refractivity contribution is 6.38. The molecule has 0 aliphatic carbocycles. The van der Waals surface area contributed by atoms with Crippen molar-refractivity contribution in [1.29, 1.82) is 0 Å². The number of rotatable bonds is 24. The number of imide groups is 2. The van der Waals surface area contributed by atoms with Gasteiger partial charge in [0.25, 0.3) is 29.5 Å². The summed E-state index contributed by atoms with van der Waals surface area (Å²) in [5, 5.41) is 4.47. The van der Waals surface area contributed by atoms with E-state index in [-0.39, 0.29) is 54.1 Å². The number of aryl methyl sites for hydroxylation is 4. The molecule has 0 spiro atoms. The minimum Gasteiger partial charge on any atom is -0.493 e. The van der Waals surface area contributed by atoms with Gasteiger partial charge in [-0.25, -0.2) is 0 Å². The van der Waals surface area contributed by atoms with Gasteiger partial charge in [-0.15, -0.1) is 0 Å². The Hall–Kier alpha value is -6.32. The Morgan fingerprint density at radius 2 is 1.61 bits per heavy atom. The van der Waals surface area contributed by atoms with Crippen LogP contribution in [0, 0.1) is 26.2 Å². The second-order valence-corrected chi connectivity index (χ2v) is 20.0. The maximum Gasteiger partial charge on any atom is 0.327 e. The van der Waals surface area contributed by atoms with Gasteiger partial charge in [0.2, 0.25) is 11.7 Å². The van der Waals surface area contributed by atoms with Gasteiger partial charge in [-0.1, -0.05) is 76.8 Å². The van der Waals surface area contributed by atoms with Gasteiger partial charge in [0, 0.05) is 24.9 Å². The molecule has 16 heteroatoms. The molecule has 2 saturated heterocycles. The molecule has 6 amide bonds. The van der Waals surface area contributed by atoms with Crippen LogP contribution in [0.25, 0.3) is 0 Å². The summed E-state index contributed by atoms with van der Waals surface area (Å²) in [7, 11) is 0. The maximum absolute atomic E-state index is 14.2. The van der Waals surface area contributed by atoms with E-state index in [1.165, 1.54) is 22.1 Å². The van der Waals surface area contributed by atoms with Crippen LogP contribution in [0.5, 0.6) is 11.5 Å². The van der Waals surface area contributed by atoms with Crippen molar-refractivity contribution in [3.63, 3.8) is 0 Å². The molecule has 3 aliphatic rings. The van der Waals surface area contributed by atoms with Crippen molar-refractivity contribution >= 4 is 47.0 Å². The Morgan fingerprint density at radius 1 is 0.873 bits per heavy atom. The van der Waals surface area contributed by atoms with Crippen molar-refractivity contribution in [1.82, 2.24) is 20.4 Å². The zero-order valence-electron chi connectivity index (χ0n) is 41.9. The SMILES string of the molecule is CCC(C)(C)C(=O)C(=O)N1CCCCC1C(=O)C[C@H](CCc1ccc(C)c(C)c1)c1cccc(OCC(=O)NCCCCCCCCOc2cc(C)cc3c2C(=O)N(C2CC(F)(F)C(=O)NC2=O)C3=O)c1. The van der Waals surface area contributed by atoms with Gasteiger partial charge in [-0.2, -0.15) is 8.78 Å². The number of amides is 6. The highest BCUT2D eigenvalue weighted by atomic mass is 19.3. The summed E-state index contributed by atoms with van der Waals surface area (Å²) in [6, 6.07) is 14.4. The smallest absolute Gasteiger partial charge is 0.327 e. The van der Waals surface area contributed by atoms with Crippen LogP contribution in [0.1, 0.15) is 159 Å². The molecule has 6 rings (SSSR count). The zero-order chi connectivity index (χ0) is 51.6. The molecule has 2 N–H and O–H groups in total. The van der Waals surface area contributed by atoms with E-state index in [4.69, 9.17) is 9.47 Å². The fourth-order valence-corrected chi connectivity index (χ4v) is 9.36. The number of fused-ring (bicyclic) bond motifs is 1. The van der Waals surface area contributed by atoms with Gasteiger partial charge >= 0.3 is 5.92 Å². The third kappa shape index (κ3) is 13.4. The number of piperidine rings is 2. The van der Waals surface area contributed by atoms with E-state index in [1.807, 2.05) is 25.1 Å². The number of carbonyl (C=O) groups is 8. The Morgan fingerprint density at radius 3 is 2.34 bits per heavy atom. The summed E-state index contributed by atoms with van der Waals surface area (Å²) in [6.45, 7) is 12.1. The predicted octanol–water partition coefficient (Wildman–Crippen LogP) is 8.23. The second kappa shape index (κ2) is 23.7. The fourth-order valence-electron chi connectivity index (χ4n) is 9.36.